The number of carbonyl (C=O) groups is 1. The van der Waals surface area contributed by atoms with E-state index in [4.69, 9.17) is 4.74 Å². The highest BCUT2D eigenvalue weighted by Gasteiger charge is 2.59. The molecule has 3 fully saturated rings. The summed E-state index contributed by atoms with van der Waals surface area (Å²) in [5.41, 5.74) is 2.17. The normalized spacial score (nSPS) is 28.4. The van der Waals surface area contributed by atoms with Gasteiger partial charge < -0.3 is 10.1 Å². The van der Waals surface area contributed by atoms with Crippen molar-refractivity contribution in [3.05, 3.63) is 48.3 Å². The minimum absolute atomic E-state index is 0.0486. The zero-order valence-electron chi connectivity index (χ0n) is 13.3. The summed E-state index contributed by atoms with van der Waals surface area (Å²) in [6.07, 6.45) is 6.15. The maximum atomic E-state index is 12.2. The molecule has 0 radical (unpaired) electrons. The molecule has 5 rings (SSSR count). The standard InChI is InChI=1S/C18H21N3O2/c1-17-10-18(11-17,13-23-17)12-19-16(22)7-14-8-20-21(9-14)15-5-3-2-4-6-15/h2-6,8-9H,7,10-13H2,1H3,(H,19,22). The number of fused-ring (bicyclic) bond motifs is 1. The van der Waals surface area contributed by atoms with Crippen molar-refractivity contribution in [2.45, 2.75) is 31.8 Å². The third-order valence-corrected chi connectivity index (χ3v) is 4.91. The molecule has 2 bridgehead atoms. The zero-order chi connectivity index (χ0) is 15.9. The fourth-order valence-corrected chi connectivity index (χ4v) is 3.95. The van der Waals surface area contributed by atoms with E-state index in [1.54, 1.807) is 10.9 Å². The Morgan fingerprint density at radius 3 is 2.83 bits per heavy atom. The molecule has 23 heavy (non-hydrogen) atoms. The lowest BCUT2D eigenvalue weighted by Crippen LogP contribution is -2.48. The summed E-state index contributed by atoms with van der Waals surface area (Å²) in [6, 6.07) is 9.89. The largest absolute Gasteiger partial charge is 0.375 e. The van der Waals surface area contributed by atoms with Crippen molar-refractivity contribution < 1.29 is 9.53 Å². The topological polar surface area (TPSA) is 56.2 Å². The van der Waals surface area contributed by atoms with Gasteiger partial charge in [-0.15, -0.1) is 0 Å². The van der Waals surface area contributed by atoms with E-state index < -0.39 is 0 Å². The van der Waals surface area contributed by atoms with Crippen LogP contribution in [-0.2, 0) is 16.0 Å². The van der Waals surface area contributed by atoms with Gasteiger partial charge in [0, 0.05) is 18.2 Å². The summed E-state index contributed by atoms with van der Waals surface area (Å²) >= 11 is 0. The Hall–Kier alpha value is -2.14. The van der Waals surface area contributed by atoms with E-state index in [1.165, 1.54) is 0 Å². The molecule has 2 aliphatic heterocycles. The van der Waals surface area contributed by atoms with Crippen LogP contribution in [0.5, 0.6) is 0 Å². The smallest absolute Gasteiger partial charge is 0.224 e. The first-order valence-corrected chi connectivity index (χ1v) is 8.06. The van der Waals surface area contributed by atoms with Crippen molar-refractivity contribution in [3.63, 3.8) is 0 Å². The molecule has 0 atom stereocenters. The Morgan fingerprint density at radius 1 is 1.35 bits per heavy atom. The molecule has 1 amide bonds. The van der Waals surface area contributed by atoms with E-state index in [2.05, 4.69) is 17.3 Å². The van der Waals surface area contributed by atoms with Gasteiger partial charge in [0.25, 0.3) is 0 Å². The van der Waals surface area contributed by atoms with E-state index >= 15 is 0 Å². The molecule has 5 nitrogen and oxygen atoms in total. The van der Waals surface area contributed by atoms with Crippen LogP contribution in [0.2, 0.25) is 0 Å². The molecule has 0 unspecified atom stereocenters. The monoisotopic (exact) mass is 311 g/mol. The lowest BCUT2D eigenvalue weighted by molar-refractivity contribution is -0.121. The Morgan fingerprint density at radius 2 is 2.13 bits per heavy atom. The molecule has 2 saturated heterocycles. The maximum absolute atomic E-state index is 12.2. The summed E-state index contributed by atoms with van der Waals surface area (Å²) in [5.74, 6) is 0.0486. The molecule has 120 valence electrons. The van der Waals surface area contributed by atoms with Gasteiger partial charge in [-0.2, -0.15) is 5.10 Å². The fraction of sp³-hybridized carbons (Fsp3) is 0.444. The van der Waals surface area contributed by atoms with Crippen molar-refractivity contribution in [1.82, 2.24) is 15.1 Å². The molecule has 1 N–H and O–H groups in total. The maximum Gasteiger partial charge on any atom is 0.224 e. The molecule has 0 spiro atoms. The Bertz CT molecular complexity index is 717. The van der Waals surface area contributed by atoms with Crippen LogP contribution in [0.1, 0.15) is 25.3 Å². The summed E-state index contributed by atoms with van der Waals surface area (Å²) in [7, 11) is 0. The number of nitrogens with zero attached hydrogens (tertiary/aromatic N) is 2. The molecule has 5 heteroatoms. The molecule has 2 aromatic rings. The van der Waals surface area contributed by atoms with Crippen molar-refractivity contribution >= 4 is 5.91 Å². The quantitative estimate of drug-likeness (QED) is 0.920. The van der Waals surface area contributed by atoms with E-state index in [1.807, 2.05) is 36.5 Å². The molecular weight excluding hydrogens is 290 g/mol. The first-order valence-electron chi connectivity index (χ1n) is 8.06. The average Bonchev–Trinajstić information content (AvgIpc) is 3.19. The molecule has 1 saturated carbocycles. The average molecular weight is 311 g/mol. The highest BCUT2D eigenvalue weighted by molar-refractivity contribution is 5.78. The van der Waals surface area contributed by atoms with Crippen LogP contribution in [0.3, 0.4) is 0 Å². The predicted octanol–water partition coefficient (Wildman–Crippen LogP) is 2.10. The van der Waals surface area contributed by atoms with Crippen LogP contribution in [0.4, 0.5) is 0 Å². The highest BCUT2D eigenvalue weighted by Crippen LogP contribution is 2.57. The van der Waals surface area contributed by atoms with Crippen molar-refractivity contribution in [2.24, 2.45) is 5.41 Å². The van der Waals surface area contributed by atoms with Crippen LogP contribution in [-0.4, -0.2) is 34.4 Å². The van der Waals surface area contributed by atoms with Gasteiger partial charge in [0.05, 0.1) is 30.5 Å². The third kappa shape index (κ3) is 2.77. The second-order valence-electron chi connectivity index (χ2n) is 7.17. The van der Waals surface area contributed by atoms with Gasteiger partial charge in [-0.25, -0.2) is 4.68 Å². The summed E-state index contributed by atoms with van der Waals surface area (Å²) in [6.45, 7) is 3.64. The van der Waals surface area contributed by atoms with Crippen molar-refractivity contribution in [1.29, 1.82) is 0 Å². The van der Waals surface area contributed by atoms with E-state index in [-0.39, 0.29) is 16.9 Å². The van der Waals surface area contributed by atoms with Crippen LogP contribution >= 0.6 is 0 Å². The summed E-state index contributed by atoms with van der Waals surface area (Å²) in [4.78, 5) is 12.2. The lowest BCUT2D eigenvalue weighted by atomic mass is 9.63. The first-order chi connectivity index (χ1) is 11.1. The Kier molecular flexibility index (Phi) is 3.27. The number of nitrogens with one attached hydrogen (secondary N) is 1. The van der Waals surface area contributed by atoms with Gasteiger partial charge in [-0.3, -0.25) is 4.79 Å². The SMILES string of the molecule is CC12CC(CNC(=O)Cc3cnn(-c4ccccc4)c3)(CO1)C2. The van der Waals surface area contributed by atoms with Crippen LogP contribution < -0.4 is 5.32 Å². The van der Waals surface area contributed by atoms with Gasteiger partial charge in [0.2, 0.25) is 5.91 Å². The Labute approximate surface area is 135 Å². The minimum Gasteiger partial charge on any atom is -0.375 e. The zero-order valence-corrected chi connectivity index (χ0v) is 13.3. The van der Waals surface area contributed by atoms with E-state index in [0.29, 0.717) is 13.0 Å². The van der Waals surface area contributed by atoms with Crippen LogP contribution in [0.15, 0.2) is 42.7 Å². The molecule has 1 aliphatic carbocycles. The summed E-state index contributed by atoms with van der Waals surface area (Å²) < 4.78 is 7.55. The third-order valence-electron chi connectivity index (χ3n) is 4.91. The van der Waals surface area contributed by atoms with Gasteiger partial charge in [0.15, 0.2) is 0 Å². The first kappa shape index (κ1) is 14.5. The van der Waals surface area contributed by atoms with Crippen molar-refractivity contribution in [3.8, 4) is 5.69 Å². The van der Waals surface area contributed by atoms with Crippen LogP contribution in [0, 0.1) is 5.41 Å². The van der Waals surface area contributed by atoms with Crippen molar-refractivity contribution in [2.75, 3.05) is 13.2 Å². The second-order valence-corrected chi connectivity index (χ2v) is 7.17. The predicted molar refractivity (Wildman–Crippen MR) is 86.3 cm³/mol. The summed E-state index contributed by atoms with van der Waals surface area (Å²) in [5, 5.41) is 7.39. The molecule has 1 aromatic carbocycles. The Balaban J connectivity index is 1.32. The number of carbonyl (C=O) groups excluding carboxylic acids is 1. The highest BCUT2D eigenvalue weighted by atomic mass is 16.5. The van der Waals surface area contributed by atoms with Gasteiger partial charge in [-0.1, -0.05) is 18.2 Å². The molecular formula is C18H21N3O2. The fourth-order valence-electron chi connectivity index (χ4n) is 3.95. The number of rotatable bonds is 5. The number of hydrogen-bond acceptors (Lipinski definition) is 3. The lowest BCUT2D eigenvalue weighted by Gasteiger charge is -2.42. The number of ether oxygens (including phenoxy) is 1. The van der Waals surface area contributed by atoms with E-state index in [9.17, 15) is 4.79 Å². The minimum atomic E-state index is 0.0486. The molecule has 3 aliphatic rings. The number of hydrogen-bond donors (Lipinski definition) is 1. The number of para-hydroxylation sites is 1. The number of aromatic nitrogens is 2. The van der Waals surface area contributed by atoms with Gasteiger partial charge in [0.1, 0.15) is 0 Å². The molecule has 3 heterocycles. The molecule has 1 aromatic heterocycles. The van der Waals surface area contributed by atoms with Crippen LogP contribution in [0.25, 0.3) is 5.69 Å². The van der Waals surface area contributed by atoms with Gasteiger partial charge in [-0.05, 0) is 37.5 Å². The number of benzene rings is 1. The number of amides is 1. The van der Waals surface area contributed by atoms with Gasteiger partial charge >= 0.3 is 0 Å². The second kappa shape index (κ2) is 5.20. The van der Waals surface area contributed by atoms with E-state index in [0.717, 1.165) is 30.7 Å².